The van der Waals surface area contributed by atoms with E-state index >= 15 is 0 Å². The van der Waals surface area contributed by atoms with Crippen LogP contribution in [-0.2, 0) is 0 Å². The van der Waals surface area contributed by atoms with E-state index in [2.05, 4.69) is 16.9 Å². The first kappa shape index (κ1) is 14.0. The first-order valence-corrected chi connectivity index (χ1v) is 6.78. The first-order chi connectivity index (χ1) is 9.00. The van der Waals surface area contributed by atoms with Crippen molar-refractivity contribution >= 4 is 23.1 Å². The van der Waals surface area contributed by atoms with Crippen LogP contribution >= 0.6 is 11.6 Å². The average molecular weight is 285 g/mol. The van der Waals surface area contributed by atoms with Crippen molar-refractivity contribution in [2.75, 3.05) is 11.9 Å². The molecule has 0 N–H and O–H groups in total. The lowest BCUT2D eigenvalue weighted by Crippen LogP contribution is -2.39. The number of anilines is 1. The number of rotatable bonds is 3. The van der Waals surface area contributed by atoms with Gasteiger partial charge < -0.3 is 4.90 Å². The van der Waals surface area contributed by atoms with Gasteiger partial charge in [-0.15, -0.1) is 0 Å². The molecule has 1 heterocycles. The smallest absolute Gasteiger partial charge is 0.329 e. The second-order valence-corrected chi connectivity index (χ2v) is 5.38. The zero-order chi connectivity index (χ0) is 14.0. The molecule has 0 aromatic carbocycles. The Morgan fingerprint density at radius 1 is 1.47 bits per heavy atom. The van der Waals surface area contributed by atoms with Gasteiger partial charge in [0, 0.05) is 13.1 Å². The minimum absolute atomic E-state index is 0.0379. The predicted molar refractivity (Wildman–Crippen MR) is 73.5 cm³/mol. The summed E-state index contributed by atoms with van der Waals surface area (Å²) in [4.78, 5) is 20.2. The van der Waals surface area contributed by atoms with Gasteiger partial charge in [0.2, 0.25) is 11.1 Å². The number of halogens is 1. The lowest BCUT2D eigenvalue weighted by atomic mass is 9.85. The summed E-state index contributed by atoms with van der Waals surface area (Å²) in [5.74, 6) is 0.802. The SMILES string of the molecule is CC1CCCCC1N(C)c1nc(Cl)ncc1[N+](=O)[O-]. The van der Waals surface area contributed by atoms with E-state index < -0.39 is 4.92 Å². The van der Waals surface area contributed by atoms with Crippen LogP contribution in [0.1, 0.15) is 32.6 Å². The molecule has 0 aliphatic heterocycles. The predicted octanol–water partition coefficient (Wildman–Crippen LogP) is 3.05. The Morgan fingerprint density at radius 3 is 2.79 bits per heavy atom. The minimum atomic E-state index is -0.463. The molecule has 2 atom stereocenters. The molecular formula is C12H17ClN4O2. The minimum Gasteiger partial charge on any atom is -0.351 e. The summed E-state index contributed by atoms with van der Waals surface area (Å²) >= 11 is 5.77. The molecule has 1 aromatic rings. The molecule has 1 aliphatic carbocycles. The van der Waals surface area contributed by atoms with E-state index in [1.165, 1.54) is 12.6 Å². The van der Waals surface area contributed by atoms with Gasteiger partial charge in [0.25, 0.3) is 0 Å². The summed E-state index contributed by atoms with van der Waals surface area (Å²) in [5.41, 5.74) is -0.0929. The third-order valence-electron chi connectivity index (χ3n) is 3.82. The molecule has 0 spiro atoms. The number of aromatic nitrogens is 2. The monoisotopic (exact) mass is 284 g/mol. The lowest BCUT2D eigenvalue weighted by Gasteiger charge is -2.36. The third-order valence-corrected chi connectivity index (χ3v) is 4.00. The largest absolute Gasteiger partial charge is 0.351 e. The van der Waals surface area contributed by atoms with E-state index in [1.54, 1.807) is 0 Å². The van der Waals surface area contributed by atoms with Gasteiger partial charge in [-0.25, -0.2) is 4.98 Å². The summed E-state index contributed by atoms with van der Waals surface area (Å²) in [6.45, 7) is 2.18. The van der Waals surface area contributed by atoms with Crippen LogP contribution in [0.2, 0.25) is 5.28 Å². The lowest BCUT2D eigenvalue weighted by molar-refractivity contribution is -0.384. The Kier molecular flexibility index (Phi) is 4.19. The molecule has 2 rings (SSSR count). The van der Waals surface area contributed by atoms with E-state index in [4.69, 9.17) is 11.6 Å². The Labute approximate surface area is 117 Å². The van der Waals surface area contributed by atoms with Gasteiger partial charge >= 0.3 is 5.69 Å². The quantitative estimate of drug-likeness (QED) is 0.484. The van der Waals surface area contributed by atoms with Crippen molar-refractivity contribution in [3.63, 3.8) is 0 Å². The van der Waals surface area contributed by atoms with E-state index in [9.17, 15) is 10.1 Å². The molecule has 1 aliphatic rings. The maximum absolute atomic E-state index is 11.1. The van der Waals surface area contributed by atoms with E-state index in [1.807, 2.05) is 11.9 Å². The Morgan fingerprint density at radius 2 is 2.16 bits per heavy atom. The van der Waals surface area contributed by atoms with Crippen LogP contribution in [0, 0.1) is 16.0 Å². The van der Waals surface area contributed by atoms with Gasteiger partial charge in [0.15, 0.2) is 0 Å². The highest BCUT2D eigenvalue weighted by Gasteiger charge is 2.30. The molecule has 6 nitrogen and oxygen atoms in total. The number of hydrogen-bond acceptors (Lipinski definition) is 5. The maximum atomic E-state index is 11.1. The van der Waals surface area contributed by atoms with Crippen LogP contribution in [0.3, 0.4) is 0 Å². The van der Waals surface area contributed by atoms with Gasteiger partial charge in [0.05, 0.1) is 4.92 Å². The molecule has 7 heteroatoms. The highest BCUT2D eigenvalue weighted by atomic mass is 35.5. The van der Waals surface area contributed by atoms with Crippen molar-refractivity contribution in [3.8, 4) is 0 Å². The van der Waals surface area contributed by atoms with Crippen LogP contribution < -0.4 is 4.90 Å². The van der Waals surface area contributed by atoms with Gasteiger partial charge in [-0.1, -0.05) is 19.8 Å². The number of hydrogen-bond donors (Lipinski definition) is 0. The molecule has 0 amide bonds. The molecule has 1 fully saturated rings. The fraction of sp³-hybridized carbons (Fsp3) is 0.667. The van der Waals surface area contributed by atoms with Crippen LogP contribution in [0.25, 0.3) is 0 Å². The van der Waals surface area contributed by atoms with Crippen molar-refractivity contribution in [2.24, 2.45) is 5.92 Å². The normalized spacial score (nSPS) is 23.1. The zero-order valence-corrected chi connectivity index (χ0v) is 11.8. The zero-order valence-electron chi connectivity index (χ0n) is 11.0. The molecule has 0 radical (unpaired) electrons. The van der Waals surface area contributed by atoms with Gasteiger partial charge in [-0.05, 0) is 30.4 Å². The Hall–Kier alpha value is -1.43. The molecular weight excluding hydrogens is 268 g/mol. The van der Waals surface area contributed by atoms with Crippen molar-refractivity contribution in [2.45, 2.75) is 38.6 Å². The Bertz CT molecular complexity index is 483. The van der Waals surface area contributed by atoms with Crippen molar-refractivity contribution < 1.29 is 4.92 Å². The van der Waals surface area contributed by atoms with E-state index in [0.717, 1.165) is 19.3 Å². The van der Waals surface area contributed by atoms with E-state index in [-0.39, 0.29) is 17.0 Å². The second kappa shape index (κ2) is 5.69. The summed E-state index contributed by atoms with van der Waals surface area (Å²) in [6, 6.07) is 0.262. The average Bonchev–Trinajstić information content (AvgIpc) is 2.38. The molecule has 0 saturated heterocycles. The van der Waals surface area contributed by atoms with Crippen LogP contribution in [0.15, 0.2) is 6.20 Å². The van der Waals surface area contributed by atoms with E-state index in [0.29, 0.717) is 11.7 Å². The van der Waals surface area contributed by atoms with Crippen molar-refractivity contribution in [1.82, 2.24) is 9.97 Å². The second-order valence-electron chi connectivity index (χ2n) is 5.04. The number of nitro groups is 1. The fourth-order valence-corrected chi connectivity index (χ4v) is 2.89. The first-order valence-electron chi connectivity index (χ1n) is 6.40. The molecule has 104 valence electrons. The summed E-state index contributed by atoms with van der Waals surface area (Å²) in [7, 11) is 1.85. The van der Waals surface area contributed by atoms with Crippen LogP contribution in [-0.4, -0.2) is 28.0 Å². The molecule has 1 saturated carbocycles. The van der Waals surface area contributed by atoms with Crippen LogP contribution in [0.5, 0.6) is 0 Å². The van der Waals surface area contributed by atoms with Crippen molar-refractivity contribution in [1.29, 1.82) is 0 Å². The Balaban J connectivity index is 2.34. The summed E-state index contributed by atoms with van der Waals surface area (Å²) in [5, 5.41) is 11.1. The van der Waals surface area contributed by atoms with Gasteiger partial charge in [-0.2, -0.15) is 4.98 Å². The van der Waals surface area contributed by atoms with Crippen LogP contribution in [0.4, 0.5) is 11.5 Å². The molecule has 1 aromatic heterocycles. The van der Waals surface area contributed by atoms with Gasteiger partial charge in [0.1, 0.15) is 6.20 Å². The summed E-state index contributed by atoms with van der Waals surface area (Å²) in [6.07, 6.45) is 5.71. The highest BCUT2D eigenvalue weighted by molar-refractivity contribution is 6.28. The molecule has 19 heavy (non-hydrogen) atoms. The maximum Gasteiger partial charge on any atom is 0.329 e. The fourth-order valence-electron chi connectivity index (χ4n) is 2.76. The summed E-state index contributed by atoms with van der Waals surface area (Å²) < 4.78 is 0. The highest BCUT2D eigenvalue weighted by Crippen LogP contribution is 2.33. The number of nitrogens with zero attached hydrogens (tertiary/aromatic N) is 4. The van der Waals surface area contributed by atoms with Crippen molar-refractivity contribution in [3.05, 3.63) is 21.6 Å². The topological polar surface area (TPSA) is 72.2 Å². The van der Waals surface area contributed by atoms with Gasteiger partial charge in [-0.3, -0.25) is 10.1 Å². The standard InChI is InChI=1S/C12H17ClN4O2/c1-8-5-3-4-6-9(8)16(2)11-10(17(18)19)7-14-12(13)15-11/h7-9H,3-6H2,1-2H3. The third kappa shape index (κ3) is 2.94. The molecule has 0 bridgehead atoms. The molecule has 2 unspecified atom stereocenters.